The highest BCUT2D eigenvalue weighted by Gasteiger charge is 2.58. The van der Waals surface area contributed by atoms with E-state index in [0.717, 1.165) is 24.7 Å². The maximum atomic E-state index is 12.1. The highest BCUT2D eigenvalue weighted by atomic mass is 16.1. The van der Waals surface area contributed by atoms with Gasteiger partial charge in [0.25, 0.3) is 0 Å². The number of carbonyl (C=O) groups is 2. The van der Waals surface area contributed by atoms with Crippen molar-refractivity contribution in [3.05, 3.63) is 35.5 Å². The number of allylic oxidation sites excluding steroid dienone is 5. The molecule has 0 aromatic rings. The lowest BCUT2D eigenvalue weighted by atomic mass is 9.49. The number of aldehydes is 1. The van der Waals surface area contributed by atoms with E-state index in [0.29, 0.717) is 23.8 Å². The van der Waals surface area contributed by atoms with Crippen LogP contribution < -0.4 is 0 Å². The first-order chi connectivity index (χ1) is 10.00. The number of rotatable bonds is 1. The molecule has 4 aliphatic carbocycles. The first kappa shape index (κ1) is 13.2. The molecule has 0 aliphatic heterocycles. The Kier molecular flexibility index (Phi) is 2.56. The summed E-state index contributed by atoms with van der Waals surface area (Å²) in [5.74, 6) is 1.28. The molecule has 4 rings (SSSR count). The van der Waals surface area contributed by atoms with Crippen LogP contribution in [0.3, 0.4) is 0 Å². The maximum Gasteiger partial charge on any atom is 0.166 e. The second kappa shape index (κ2) is 4.06. The summed E-state index contributed by atoms with van der Waals surface area (Å²) in [6, 6.07) is 0. The van der Waals surface area contributed by atoms with Gasteiger partial charge in [-0.05, 0) is 60.3 Å². The van der Waals surface area contributed by atoms with E-state index >= 15 is 0 Å². The largest absolute Gasteiger partial charge is 0.298 e. The fourth-order valence-corrected chi connectivity index (χ4v) is 5.79. The Morgan fingerprint density at radius 2 is 2.19 bits per heavy atom. The topological polar surface area (TPSA) is 34.1 Å². The van der Waals surface area contributed by atoms with Gasteiger partial charge in [-0.15, -0.1) is 0 Å². The van der Waals surface area contributed by atoms with Crippen molar-refractivity contribution in [2.75, 3.05) is 0 Å². The lowest BCUT2D eigenvalue weighted by Crippen LogP contribution is -2.47. The molecule has 0 amide bonds. The Labute approximate surface area is 126 Å². The van der Waals surface area contributed by atoms with E-state index in [1.807, 2.05) is 0 Å². The van der Waals surface area contributed by atoms with Gasteiger partial charge in [-0.2, -0.15) is 0 Å². The zero-order valence-corrected chi connectivity index (χ0v) is 12.7. The standard InChI is InChI=1S/C19H22O2/c1-12-9-19-8-5-15-14(11-20)16(21)6-7-18(15,2)17(19)4-3-13(12)10-19/h5,8,11,13,17H,1,3-4,6-7,9-10H2,2H3. The third kappa shape index (κ3) is 1.54. The maximum absolute atomic E-state index is 12.1. The predicted molar refractivity (Wildman–Crippen MR) is 81.6 cm³/mol. The minimum absolute atomic E-state index is 0.00546. The molecule has 21 heavy (non-hydrogen) atoms. The van der Waals surface area contributed by atoms with Gasteiger partial charge in [0.2, 0.25) is 0 Å². The summed E-state index contributed by atoms with van der Waals surface area (Å²) in [6.07, 6.45) is 11.4. The number of carbonyl (C=O) groups excluding carboxylic acids is 2. The zero-order chi connectivity index (χ0) is 14.8. The molecule has 0 aromatic heterocycles. The monoisotopic (exact) mass is 282 g/mol. The molecule has 4 aliphatic rings. The Hall–Kier alpha value is -1.44. The third-order valence-electron chi connectivity index (χ3n) is 6.80. The Morgan fingerprint density at radius 1 is 1.38 bits per heavy atom. The van der Waals surface area contributed by atoms with E-state index in [1.54, 1.807) is 0 Å². The second-order valence-electron chi connectivity index (χ2n) is 7.72. The summed E-state index contributed by atoms with van der Waals surface area (Å²) < 4.78 is 0. The third-order valence-corrected chi connectivity index (χ3v) is 6.80. The molecule has 2 nitrogen and oxygen atoms in total. The van der Waals surface area contributed by atoms with Gasteiger partial charge in [-0.1, -0.05) is 31.2 Å². The highest BCUT2D eigenvalue weighted by molar-refractivity contribution is 6.13. The first-order valence-corrected chi connectivity index (χ1v) is 8.10. The normalized spacial score (nSPS) is 44.6. The van der Waals surface area contributed by atoms with Crippen LogP contribution >= 0.6 is 0 Å². The van der Waals surface area contributed by atoms with Gasteiger partial charge in [0.1, 0.15) is 0 Å². The van der Waals surface area contributed by atoms with Crippen LogP contribution in [0.15, 0.2) is 35.5 Å². The number of hydrogen-bond acceptors (Lipinski definition) is 2. The molecule has 1 spiro atoms. The van der Waals surface area contributed by atoms with E-state index < -0.39 is 0 Å². The van der Waals surface area contributed by atoms with Crippen molar-refractivity contribution < 1.29 is 9.59 Å². The summed E-state index contributed by atoms with van der Waals surface area (Å²) in [4.78, 5) is 23.5. The average molecular weight is 282 g/mol. The van der Waals surface area contributed by atoms with Crippen molar-refractivity contribution in [3.63, 3.8) is 0 Å². The van der Waals surface area contributed by atoms with Crippen LogP contribution in [0.2, 0.25) is 0 Å². The minimum atomic E-state index is -0.00546. The van der Waals surface area contributed by atoms with Gasteiger partial charge >= 0.3 is 0 Å². The van der Waals surface area contributed by atoms with Crippen LogP contribution in [0, 0.1) is 22.7 Å². The summed E-state index contributed by atoms with van der Waals surface area (Å²) in [7, 11) is 0. The first-order valence-electron chi connectivity index (χ1n) is 8.10. The lowest BCUT2D eigenvalue weighted by molar-refractivity contribution is -0.119. The molecule has 4 unspecified atom stereocenters. The van der Waals surface area contributed by atoms with E-state index in [9.17, 15) is 9.59 Å². The Morgan fingerprint density at radius 3 is 2.95 bits per heavy atom. The summed E-state index contributed by atoms with van der Waals surface area (Å²) in [5.41, 5.74) is 3.11. The Balaban J connectivity index is 1.90. The van der Waals surface area contributed by atoms with E-state index in [-0.39, 0.29) is 16.6 Å². The van der Waals surface area contributed by atoms with Crippen LogP contribution in [-0.2, 0) is 9.59 Å². The van der Waals surface area contributed by atoms with Crippen molar-refractivity contribution in [1.82, 2.24) is 0 Å². The van der Waals surface area contributed by atoms with E-state index in [4.69, 9.17) is 0 Å². The molecule has 0 aromatic carbocycles. The van der Waals surface area contributed by atoms with Crippen molar-refractivity contribution in [3.8, 4) is 0 Å². The van der Waals surface area contributed by atoms with Crippen LogP contribution in [0.1, 0.15) is 45.4 Å². The van der Waals surface area contributed by atoms with Gasteiger partial charge in [-0.25, -0.2) is 0 Å². The van der Waals surface area contributed by atoms with Crippen LogP contribution in [0.4, 0.5) is 0 Å². The molecule has 4 atom stereocenters. The molecule has 2 saturated carbocycles. The van der Waals surface area contributed by atoms with E-state index in [2.05, 4.69) is 25.7 Å². The average Bonchev–Trinajstić information content (AvgIpc) is 2.70. The van der Waals surface area contributed by atoms with Gasteiger partial charge in [0.15, 0.2) is 12.1 Å². The molecular weight excluding hydrogens is 260 g/mol. The molecule has 0 heterocycles. The molecule has 2 fully saturated rings. The zero-order valence-electron chi connectivity index (χ0n) is 12.7. The van der Waals surface area contributed by atoms with Gasteiger partial charge in [0, 0.05) is 6.42 Å². The minimum Gasteiger partial charge on any atom is -0.298 e. The smallest absolute Gasteiger partial charge is 0.166 e. The number of hydrogen-bond donors (Lipinski definition) is 0. The van der Waals surface area contributed by atoms with Gasteiger partial charge in [-0.3, -0.25) is 9.59 Å². The molecular formula is C19H22O2. The molecule has 110 valence electrons. The molecule has 2 bridgehead atoms. The fraction of sp³-hybridized carbons (Fsp3) is 0.579. The SMILES string of the molecule is C=C1CC23C=CC4=C(C=O)C(=O)CCC4(C)C2CCC1C3. The van der Waals surface area contributed by atoms with Crippen LogP contribution in [-0.4, -0.2) is 12.1 Å². The predicted octanol–water partition coefficient (Wildman–Crippen LogP) is 3.78. The fourth-order valence-electron chi connectivity index (χ4n) is 5.79. The number of fused-ring (bicyclic) bond motifs is 3. The van der Waals surface area contributed by atoms with Crippen LogP contribution in [0.5, 0.6) is 0 Å². The lowest BCUT2D eigenvalue weighted by Gasteiger charge is -2.54. The molecule has 0 saturated heterocycles. The van der Waals surface area contributed by atoms with Gasteiger partial charge < -0.3 is 0 Å². The quantitative estimate of drug-likeness (QED) is 0.416. The number of Topliss-reactive ketones (excluding diaryl/α,β-unsaturated/α-hetero) is 1. The molecule has 2 heteroatoms. The van der Waals surface area contributed by atoms with Crippen molar-refractivity contribution in [2.24, 2.45) is 22.7 Å². The van der Waals surface area contributed by atoms with E-state index in [1.165, 1.54) is 24.8 Å². The second-order valence-corrected chi connectivity index (χ2v) is 7.72. The summed E-state index contributed by atoms with van der Waals surface area (Å²) in [5, 5.41) is 0. The highest BCUT2D eigenvalue weighted by Crippen LogP contribution is 2.67. The summed E-state index contributed by atoms with van der Waals surface area (Å²) in [6.45, 7) is 6.58. The Bertz CT molecular complexity index is 623. The van der Waals surface area contributed by atoms with Crippen LogP contribution in [0.25, 0.3) is 0 Å². The summed E-state index contributed by atoms with van der Waals surface area (Å²) >= 11 is 0. The molecule has 0 radical (unpaired) electrons. The van der Waals surface area contributed by atoms with Crippen molar-refractivity contribution in [1.29, 1.82) is 0 Å². The van der Waals surface area contributed by atoms with Gasteiger partial charge in [0.05, 0.1) is 5.57 Å². The number of ketones is 1. The van der Waals surface area contributed by atoms with Crippen molar-refractivity contribution >= 4 is 12.1 Å². The molecule has 0 N–H and O–H groups in total. The van der Waals surface area contributed by atoms with Crippen molar-refractivity contribution in [2.45, 2.75) is 45.4 Å².